The van der Waals surface area contributed by atoms with Crippen molar-refractivity contribution in [3.63, 3.8) is 0 Å². The lowest BCUT2D eigenvalue weighted by atomic mass is 9.63. The second-order valence-corrected chi connectivity index (χ2v) is 5.56. The van der Waals surface area contributed by atoms with Crippen molar-refractivity contribution in [2.45, 2.75) is 47.5 Å². The van der Waals surface area contributed by atoms with E-state index in [0.717, 1.165) is 6.42 Å². The first kappa shape index (κ1) is 13.2. The van der Waals surface area contributed by atoms with Crippen LogP contribution in [0.1, 0.15) is 47.5 Å². The van der Waals surface area contributed by atoms with Crippen molar-refractivity contribution >= 4 is 5.78 Å². The van der Waals surface area contributed by atoms with E-state index in [1.54, 1.807) is 6.08 Å². The first-order chi connectivity index (χ1) is 7.39. The lowest BCUT2D eigenvalue weighted by Crippen LogP contribution is -2.33. The highest BCUT2D eigenvalue weighted by Crippen LogP contribution is 2.45. The van der Waals surface area contributed by atoms with Gasteiger partial charge in [-0.05, 0) is 30.8 Å². The molecule has 1 aliphatic rings. The zero-order valence-corrected chi connectivity index (χ0v) is 11.2. The quantitative estimate of drug-likeness (QED) is 0.516. The molecule has 0 radical (unpaired) electrons. The average molecular weight is 220 g/mol. The Morgan fingerprint density at radius 1 is 1.56 bits per heavy atom. The van der Waals surface area contributed by atoms with Crippen molar-refractivity contribution in [2.75, 3.05) is 0 Å². The number of hydrogen-bond acceptors (Lipinski definition) is 1. The Hall–Kier alpha value is -0.850. The van der Waals surface area contributed by atoms with Crippen LogP contribution in [0.25, 0.3) is 0 Å². The van der Waals surface area contributed by atoms with Gasteiger partial charge in [0.15, 0.2) is 5.78 Å². The molecule has 1 heteroatoms. The minimum atomic E-state index is 0.224. The Bertz CT molecular complexity index is 320. The van der Waals surface area contributed by atoms with Crippen LogP contribution in [0.5, 0.6) is 0 Å². The Morgan fingerprint density at radius 3 is 2.75 bits per heavy atom. The maximum absolute atomic E-state index is 11.3. The first-order valence-corrected chi connectivity index (χ1v) is 6.27. The summed E-state index contributed by atoms with van der Waals surface area (Å²) in [6.07, 6.45) is 7.95. The molecule has 0 aliphatic heterocycles. The maximum atomic E-state index is 11.3. The van der Waals surface area contributed by atoms with E-state index in [2.05, 4.69) is 39.8 Å². The molecule has 0 spiro atoms. The molecule has 90 valence electrons. The minimum absolute atomic E-state index is 0.224. The number of ketones is 1. The predicted molar refractivity (Wildman–Crippen MR) is 69.2 cm³/mol. The molecular weight excluding hydrogens is 196 g/mol. The smallest absolute Gasteiger partial charge is 0.155 e. The van der Waals surface area contributed by atoms with Gasteiger partial charge in [0.05, 0.1) is 0 Å². The van der Waals surface area contributed by atoms with Gasteiger partial charge in [0.2, 0.25) is 0 Å². The molecule has 0 unspecified atom stereocenters. The Balaban J connectivity index is 2.91. The van der Waals surface area contributed by atoms with Gasteiger partial charge in [-0.25, -0.2) is 0 Å². The standard InChI is InChI=1S/C15H24O/c1-6-13(16)9-10-14-11(2)7-8-12(3)15(14,4)5/h7,9-10,12,14H,6,8H2,1-5H3/t12-,14-/m0/s1. The Labute approximate surface area is 99.6 Å². The van der Waals surface area contributed by atoms with E-state index in [9.17, 15) is 4.79 Å². The summed E-state index contributed by atoms with van der Waals surface area (Å²) in [6.45, 7) is 11.0. The molecule has 0 aromatic heterocycles. The van der Waals surface area contributed by atoms with Crippen molar-refractivity contribution in [1.82, 2.24) is 0 Å². The molecule has 0 bridgehead atoms. The normalized spacial score (nSPS) is 29.2. The van der Waals surface area contributed by atoms with E-state index < -0.39 is 0 Å². The zero-order valence-electron chi connectivity index (χ0n) is 11.2. The van der Waals surface area contributed by atoms with Crippen LogP contribution in [0.15, 0.2) is 23.8 Å². The molecule has 0 N–H and O–H groups in total. The Kier molecular flexibility index (Phi) is 4.12. The van der Waals surface area contributed by atoms with Crippen LogP contribution in [0.3, 0.4) is 0 Å². The minimum Gasteiger partial charge on any atom is -0.295 e. The van der Waals surface area contributed by atoms with Crippen LogP contribution in [0.4, 0.5) is 0 Å². The number of carbonyl (C=O) groups excluding carboxylic acids is 1. The lowest BCUT2D eigenvalue weighted by molar-refractivity contribution is -0.114. The van der Waals surface area contributed by atoms with Crippen LogP contribution in [0, 0.1) is 17.3 Å². The van der Waals surface area contributed by atoms with Gasteiger partial charge in [-0.1, -0.05) is 45.4 Å². The lowest BCUT2D eigenvalue weighted by Gasteiger charge is -2.42. The summed E-state index contributed by atoms with van der Waals surface area (Å²) in [5.41, 5.74) is 1.66. The van der Waals surface area contributed by atoms with Gasteiger partial charge < -0.3 is 0 Å². The third-order valence-electron chi connectivity index (χ3n) is 4.18. The third kappa shape index (κ3) is 2.63. The number of hydrogen-bond donors (Lipinski definition) is 0. The molecule has 0 saturated heterocycles. The largest absolute Gasteiger partial charge is 0.295 e. The average Bonchev–Trinajstić information content (AvgIpc) is 2.23. The number of carbonyl (C=O) groups is 1. The molecule has 0 amide bonds. The summed E-state index contributed by atoms with van der Waals surface area (Å²) in [4.78, 5) is 11.3. The van der Waals surface area contributed by atoms with Gasteiger partial charge in [0.25, 0.3) is 0 Å². The van der Waals surface area contributed by atoms with Gasteiger partial charge in [0, 0.05) is 12.3 Å². The van der Waals surface area contributed by atoms with E-state index in [-0.39, 0.29) is 11.2 Å². The molecule has 0 fully saturated rings. The summed E-state index contributed by atoms with van der Waals surface area (Å²) in [5.74, 6) is 1.30. The summed E-state index contributed by atoms with van der Waals surface area (Å²) < 4.78 is 0. The molecule has 1 aliphatic carbocycles. The zero-order chi connectivity index (χ0) is 12.3. The molecule has 1 rings (SSSR count). The maximum Gasteiger partial charge on any atom is 0.155 e. The highest BCUT2D eigenvalue weighted by Gasteiger charge is 2.36. The van der Waals surface area contributed by atoms with Crippen LogP contribution in [-0.2, 0) is 4.79 Å². The van der Waals surface area contributed by atoms with Crippen LogP contribution in [0.2, 0.25) is 0 Å². The van der Waals surface area contributed by atoms with E-state index in [1.165, 1.54) is 5.57 Å². The monoisotopic (exact) mass is 220 g/mol. The molecule has 0 heterocycles. The van der Waals surface area contributed by atoms with Crippen LogP contribution < -0.4 is 0 Å². The van der Waals surface area contributed by atoms with Gasteiger partial charge >= 0.3 is 0 Å². The second kappa shape index (κ2) is 4.99. The van der Waals surface area contributed by atoms with E-state index in [1.807, 2.05) is 6.92 Å². The van der Waals surface area contributed by atoms with Gasteiger partial charge in [-0.15, -0.1) is 0 Å². The van der Waals surface area contributed by atoms with Crippen LogP contribution in [-0.4, -0.2) is 5.78 Å². The van der Waals surface area contributed by atoms with Gasteiger partial charge in [-0.2, -0.15) is 0 Å². The van der Waals surface area contributed by atoms with Gasteiger partial charge in [0.1, 0.15) is 0 Å². The number of allylic oxidation sites excluding steroid dienone is 4. The SMILES string of the molecule is CCC(=O)C=C[C@H]1C(C)=CC[C@H](C)C1(C)C. The Morgan fingerprint density at radius 2 is 2.19 bits per heavy atom. The number of rotatable bonds is 3. The van der Waals surface area contributed by atoms with E-state index in [4.69, 9.17) is 0 Å². The fourth-order valence-corrected chi connectivity index (χ4v) is 2.41. The summed E-state index contributed by atoms with van der Waals surface area (Å²) >= 11 is 0. The van der Waals surface area contributed by atoms with E-state index in [0.29, 0.717) is 18.3 Å². The van der Waals surface area contributed by atoms with Crippen molar-refractivity contribution in [1.29, 1.82) is 0 Å². The second-order valence-electron chi connectivity index (χ2n) is 5.56. The fourth-order valence-electron chi connectivity index (χ4n) is 2.41. The highest BCUT2D eigenvalue weighted by atomic mass is 16.1. The van der Waals surface area contributed by atoms with Crippen molar-refractivity contribution in [2.24, 2.45) is 17.3 Å². The van der Waals surface area contributed by atoms with Crippen molar-refractivity contribution in [3.05, 3.63) is 23.8 Å². The molecule has 0 aromatic carbocycles. The molecule has 1 nitrogen and oxygen atoms in total. The summed E-state index contributed by atoms with van der Waals surface area (Å²) in [5, 5.41) is 0. The molecular formula is C15H24O. The van der Waals surface area contributed by atoms with Crippen molar-refractivity contribution in [3.8, 4) is 0 Å². The third-order valence-corrected chi connectivity index (χ3v) is 4.18. The van der Waals surface area contributed by atoms with E-state index >= 15 is 0 Å². The van der Waals surface area contributed by atoms with Crippen LogP contribution >= 0.6 is 0 Å². The molecule has 2 atom stereocenters. The summed E-state index contributed by atoms with van der Waals surface area (Å²) in [7, 11) is 0. The fraction of sp³-hybridized carbons (Fsp3) is 0.667. The highest BCUT2D eigenvalue weighted by molar-refractivity contribution is 5.89. The predicted octanol–water partition coefficient (Wildman–Crippen LogP) is 4.15. The molecule has 0 aromatic rings. The summed E-state index contributed by atoms with van der Waals surface area (Å²) in [6, 6.07) is 0. The van der Waals surface area contributed by atoms with Gasteiger partial charge in [-0.3, -0.25) is 4.79 Å². The topological polar surface area (TPSA) is 17.1 Å². The molecule has 16 heavy (non-hydrogen) atoms. The first-order valence-electron chi connectivity index (χ1n) is 6.27. The van der Waals surface area contributed by atoms with Crippen molar-refractivity contribution < 1.29 is 4.79 Å². The molecule has 0 saturated carbocycles.